The highest BCUT2D eigenvalue weighted by atomic mass is 16.3. The average molecular weight is 191 g/mol. The number of nitrogens with two attached hydrogens (primary N) is 1. The van der Waals surface area contributed by atoms with Gasteiger partial charge in [-0.05, 0) is 24.3 Å². The van der Waals surface area contributed by atoms with E-state index in [2.05, 4.69) is 0 Å². The van der Waals surface area contributed by atoms with Gasteiger partial charge < -0.3 is 10.8 Å². The van der Waals surface area contributed by atoms with Gasteiger partial charge in [-0.15, -0.1) is 0 Å². The zero-order valence-corrected chi connectivity index (χ0v) is 8.32. The lowest BCUT2D eigenvalue weighted by Gasteiger charge is -2.41. The van der Waals surface area contributed by atoms with Gasteiger partial charge in [-0.2, -0.15) is 0 Å². The van der Waals surface area contributed by atoms with Crippen LogP contribution in [0.4, 0.5) is 0 Å². The van der Waals surface area contributed by atoms with Gasteiger partial charge in [0.25, 0.3) is 0 Å². The Bertz CT molecular complexity index is 294. The van der Waals surface area contributed by atoms with Crippen molar-refractivity contribution in [1.29, 1.82) is 0 Å². The van der Waals surface area contributed by atoms with E-state index in [9.17, 15) is 5.11 Å². The molecule has 0 radical (unpaired) electrons. The average Bonchev–Trinajstić information content (AvgIpc) is 2.16. The monoisotopic (exact) mass is 191 g/mol. The highest BCUT2D eigenvalue weighted by Gasteiger charge is 2.40. The molecule has 0 saturated heterocycles. The summed E-state index contributed by atoms with van der Waals surface area (Å²) in [7, 11) is 0. The normalized spacial score (nSPS) is 21.3. The van der Waals surface area contributed by atoms with Crippen molar-refractivity contribution in [3.8, 4) is 0 Å². The van der Waals surface area contributed by atoms with Gasteiger partial charge in [0.15, 0.2) is 0 Å². The van der Waals surface area contributed by atoms with Crippen LogP contribution < -0.4 is 5.73 Å². The summed E-state index contributed by atoms with van der Waals surface area (Å²) in [6.45, 7) is 0.321. The van der Waals surface area contributed by atoms with Gasteiger partial charge in [0.05, 0.1) is 0 Å². The van der Waals surface area contributed by atoms with Crippen LogP contribution in [0, 0.1) is 5.92 Å². The Morgan fingerprint density at radius 3 is 2.36 bits per heavy atom. The molecule has 3 N–H and O–H groups in total. The van der Waals surface area contributed by atoms with Gasteiger partial charge in [-0.1, -0.05) is 36.8 Å². The first kappa shape index (κ1) is 9.69. The molecule has 76 valence electrons. The summed E-state index contributed by atoms with van der Waals surface area (Å²) >= 11 is 0. The van der Waals surface area contributed by atoms with Crippen molar-refractivity contribution in [2.75, 3.05) is 6.54 Å². The van der Waals surface area contributed by atoms with E-state index in [1.165, 1.54) is 6.42 Å². The fraction of sp³-hybridized carbons (Fsp3) is 0.500. The summed E-state index contributed by atoms with van der Waals surface area (Å²) in [4.78, 5) is 0. The molecule has 0 spiro atoms. The van der Waals surface area contributed by atoms with Crippen molar-refractivity contribution in [3.63, 3.8) is 0 Å². The van der Waals surface area contributed by atoms with Crippen LogP contribution in [0.1, 0.15) is 24.8 Å². The van der Waals surface area contributed by atoms with E-state index >= 15 is 0 Å². The second-order valence-electron chi connectivity index (χ2n) is 4.12. The number of hydrogen-bond donors (Lipinski definition) is 2. The van der Waals surface area contributed by atoms with Crippen LogP contribution in [0.5, 0.6) is 0 Å². The first-order valence-electron chi connectivity index (χ1n) is 5.25. The first-order valence-corrected chi connectivity index (χ1v) is 5.25. The Labute approximate surface area is 84.7 Å². The molecule has 2 heteroatoms. The molecular weight excluding hydrogens is 174 g/mol. The van der Waals surface area contributed by atoms with Crippen LogP contribution in [-0.4, -0.2) is 11.7 Å². The van der Waals surface area contributed by atoms with Crippen molar-refractivity contribution in [1.82, 2.24) is 0 Å². The predicted octanol–water partition coefficient (Wildman–Crippen LogP) is 1.63. The smallest absolute Gasteiger partial charge is 0.105 e. The van der Waals surface area contributed by atoms with Crippen molar-refractivity contribution in [2.24, 2.45) is 11.7 Å². The molecule has 2 nitrogen and oxygen atoms in total. The van der Waals surface area contributed by atoms with E-state index in [1.807, 2.05) is 30.3 Å². The second-order valence-corrected chi connectivity index (χ2v) is 4.12. The Hall–Kier alpha value is -0.860. The van der Waals surface area contributed by atoms with E-state index in [-0.39, 0.29) is 0 Å². The molecular formula is C12H17NO. The minimum absolute atomic E-state index is 0.321. The molecule has 0 amide bonds. The fourth-order valence-corrected chi connectivity index (χ4v) is 2.13. The zero-order valence-electron chi connectivity index (χ0n) is 8.32. The Kier molecular flexibility index (Phi) is 2.57. The lowest BCUT2D eigenvalue weighted by molar-refractivity contribution is -0.0483. The molecule has 1 saturated carbocycles. The minimum Gasteiger partial charge on any atom is -0.384 e. The molecule has 1 aromatic rings. The molecule has 14 heavy (non-hydrogen) atoms. The summed E-state index contributed by atoms with van der Waals surface area (Å²) in [5, 5.41) is 10.5. The van der Waals surface area contributed by atoms with Crippen LogP contribution in [0.15, 0.2) is 30.3 Å². The van der Waals surface area contributed by atoms with E-state index in [0.717, 1.165) is 18.4 Å². The third-order valence-electron chi connectivity index (χ3n) is 3.37. The van der Waals surface area contributed by atoms with E-state index in [0.29, 0.717) is 12.5 Å². The van der Waals surface area contributed by atoms with Gasteiger partial charge in [0.1, 0.15) is 5.60 Å². The standard InChI is InChI=1S/C12H17NO/c13-9-12(14,11-7-4-8-11)10-5-2-1-3-6-10/h1-3,5-6,11,14H,4,7-9,13H2. The van der Waals surface area contributed by atoms with Crippen molar-refractivity contribution < 1.29 is 5.11 Å². The number of hydrogen-bond acceptors (Lipinski definition) is 2. The maximum atomic E-state index is 10.5. The van der Waals surface area contributed by atoms with Crippen LogP contribution in [0.25, 0.3) is 0 Å². The zero-order chi connectivity index (χ0) is 10.0. The minimum atomic E-state index is -0.792. The maximum Gasteiger partial charge on any atom is 0.105 e. The van der Waals surface area contributed by atoms with E-state index in [4.69, 9.17) is 5.73 Å². The summed E-state index contributed by atoms with van der Waals surface area (Å²) in [6.07, 6.45) is 3.42. The predicted molar refractivity (Wildman–Crippen MR) is 56.7 cm³/mol. The van der Waals surface area contributed by atoms with Crippen LogP contribution >= 0.6 is 0 Å². The Balaban J connectivity index is 2.27. The van der Waals surface area contributed by atoms with E-state index < -0.39 is 5.60 Å². The highest BCUT2D eigenvalue weighted by Crippen LogP contribution is 2.41. The van der Waals surface area contributed by atoms with Crippen molar-refractivity contribution >= 4 is 0 Å². The SMILES string of the molecule is NCC(O)(c1ccccc1)C1CCC1. The summed E-state index contributed by atoms with van der Waals surface area (Å²) < 4.78 is 0. The number of aliphatic hydroxyl groups is 1. The van der Waals surface area contributed by atoms with Gasteiger partial charge >= 0.3 is 0 Å². The molecule has 1 fully saturated rings. The van der Waals surface area contributed by atoms with Crippen molar-refractivity contribution in [3.05, 3.63) is 35.9 Å². The summed E-state index contributed by atoms with van der Waals surface area (Å²) in [6, 6.07) is 9.79. The fourth-order valence-electron chi connectivity index (χ4n) is 2.13. The largest absolute Gasteiger partial charge is 0.384 e. The third kappa shape index (κ3) is 1.45. The third-order valence-corrected chi connectivity index (χ3v) is 3.37. The summed E-state index contributed by atoms with van der Waals surface area (Å²) in [5.41, 5.74) is 5.87. The van der Waals surface area contributed by atoms with Gasteiger partial charge in [0, 0.05) is 6.54 Å². The highest BCUT2D eigenvalue weighted by molar-refractivity contribution is 5.24. The van der Waals surface area contributed by atoms with Crippen LogP contribution in [0.2, 0.25) is 0 Å². The number of rotatable bonds is 3. The van der Waals surface area contributed by atoms with Crippen LogP contribution in [-0.2, 0) is 5.60 Å². The lowest BCUT2D eigenvalue weighted by Crippen LogP contribution is -2.45. The first-order chi connectivity index (χ1) is 6.77. The Morgan fingerprint density at radius 1 is 1.29 bits per heavy atom. The number of benzene rings is 1. The second kappa shape index (κ2) is 3.71. The molecule has 0 bridgehead atoms. The summed E-state index contributed by atoms with van der Waals surface area (Å²) in [5.74, 6) is 0.356. The van der Waals surface area contributed by atoms with Gasteiger partial charge in [0.2, 0.25) is 0 Å². The molecule has 2 rings (SSSR count). The topological polar surface area (TPSA) is 46.2 Å². The van der Waals surface area contributed by atoms with Crippen LogP contribution in [0.3, 0.4) is 0 Å². The maximum absolute atomic E-state index is 10.5. The lowest BCUT2D eigenvalue weighted by atomic mass is 9.70. The molecule has 0 aliphatic heterocycles. The van der Waals surface area contributed by atoms with Crippen molar-refractivity contribution in [2.45, 2.75) is 24.9 Å². The van der Waals surface area contributed by atoms with Gasteiger partial charge in [-0.3, -0.25) is 0 Å². The molecule has 1 aliphatic rings. The quantitative estimate of drug-likeness (QED) is 0.762. The molecule has 1 aromatic carbocycles. The van der Waals surface area contributed by atoms with E-state index in [1.54, 1.807) is 0 Å². The van der Waals surface area contributed by atoms with Gasteiger partial charge in [-0.25, -0.2) is 0 Å². The molecule has 1 aliphatic carbocycles. The molecule has 1 unspecified atom stereocenters. The molecule has 0 heterocycles. The molecule has 1 atom stereocenters. The Morgan fingerprint density at radius 2 is 1.93 bits per heavy atom. The molecule has 0 aromatic heterocycles.